The van der Waals surface area contributed by atoms with Crippen molar-refractivity contribution in [2.45, 2.75) is 20.8 Å². The van der Waals surface area contributed by atoms with E-state index in [1.54, 1.807) is 0 Å². The van der Waals surface area contributed by atoms with Crippen LogP contribution < -0.4 is 5.63 Å². The van der Waals surface area contributed by atoms with Crippen LogP contribution in [0, 0.1) is 20.8 Å². The van der Waals surface area contributed by atoms with Gasteiger partial charge in [0.1, 0.15) is 16.9 Å². The maximum Gasteiger partial charge on any atom is 0.336 e. The molecular weight excluding hydrogens is 288 g/mol. The fraction of sp³-hybridized carbons (Fsp3) is 0.150. The second kappa shape index (κ2) is 4.85. The van der Waals surface area contributed by atoms with Gasteiger partial charge in [-0.3, -0.25) is 0 Å². The van der Waals surface area contributed by atoms with Crippen LogP contribution in [0.1, 0.15) is 16.9 Å². The lowest BCUT2D eigenvalue weighted by Crippen LogP contribution is -1.98. The third-order valence-electron chi connectivity index (χ3n) is 4.30. The minimum atomic E-state index is -0.333. The minimum absolute atomic E-state index is 0.333. The van der Waals surface area contributed by atoms with E-state index in [1.165, 1.54) is 6.07 Å². The summed E-state index contributed by atoms with van der Waals surface area (Å²) in [6.07, 6.45) is 0. The predicted molar refractivity (Wildman–Crippen MR) is 91.9 cm³/mol. The number of aryl methyl sites for hydroxylation is 3. The van der Waals surface area contributed by atoms with E-state index < -0.39 is 0 Å². The van der Waals surface area contributed by atoms with Crippen molar-refractivity contribution in [2.75, 3.05) is 0 Å². The first-order valence-electron chi connectivity index (χ1n) is 7.59. The SMILES string of the molecule is Cc1oc2c(c(C)cc3oc(=O)cc(C)c32)c1-c1ccccc1. The molecule has 0 amide bonds. The van der Waals surface area contributed by atoms with Crippen molar-refractivity contribution in [3.8, 4) is 11.1 Å². The van der Waals surface area contributed by atoms with Gasteiger partial charge in [-0.1, -0.05) is 30.3 Å². The monoisotopic (exact) mass is 304 g/mol. The summed E-state index contributed by atoms with van der Waals surface area (Å²) in [7, 11) is 0. The van der Waals surface area contributed by atoms with Crippen LogP contribution in [0.25, 0.3) is 33.1 Å². The van der Waals surface area contributed by atoms with Crippen molar-refractivity contribution in [3.63, 3.8) is 0 Å². The molecule has 2 aromatic carbocycles. The summed E-state index contributed by atoms with van der Waals surface area (Å²) < 4.78 is 11.5. The molecule has 0 radical (unpaired) electrons. The Morgan fingerprint density at radius 1 is 0.826 bits per heavy atom. The molecule has 0 N–H and O–H groups in total. The maximum absolute atomic E-state index is 11.6. The molecule has 0 bridgehead atoms. The van der Waals surface area contributed by atoms with Gasteiger partial charge in [0.25, 0.3) is 0 Å². The van der Waals surface area contributed by atoms with Gasteiger partial charge >= 0.3 is 5.63 Å². The first-order chi connectivity index (χ1) is 11.1. The van der Waals surface area contributed by atoms with E-state index in [4.69, 9.17) is 8.83 Å². The number of hydrogen-bond acceptors (Lipinski definition) is 3. The summed E-state index contributed by atoms with van der Waals surface area (Å²) in [4.78, 5) is 11.6. The summed E-state index contributed by atoms with van der Waals surface area (Å²) in [5.74, 6) is 0.868. The molecule has 0 fully saturated rings. The van der Waals surface area contributed by atoms with Crippen LogP contribution in [-0.4, -0.2) is 0 Å². The Bertz CT molecular complexity index is 1100. The topological polar surface area (TPSA) is 43.4 Å². The highest BCUT2D eigenvalue weighted by atomic mass is 16.4. The zero-order valence-electron chi connectivity index (χ0n) is 13.3. The van der Waals surface area contributed by atoms with Crippen molar-refractivity contribution in [3.05, 3.63) is 69.8 Å². The summed E-state index contributed by atoms with van der Waals surface area (Å²) >= 11 is 0. The zero-order chi connectivity index (χ0) is 16.1. The Kier molecular flexibility index (Phi) is 2.91. The third-order valence-corrected chi connectivity index (χ3v) is 4.30. The van der Waals surface area contributed by atoms with Crippen molar-refractivity contribution in [2.24, 2.45) is 0 Å². The fourth-order valence-electron chi connectivity index (χ4n) is 3.34. The van der Waals surface area contributed by atoms with Crippen molar-refractivity contribution in [1.29, 1.82) is 0 Å². The highest BCUT2D eigenvalue weighted by molar-refractivity contribution is 6.11. The normalized spacial score (nSPS) is 11.4. The van der Waals surface area contributed by atoms with E-state index in [0.29, 0.717) is 5.58 Å². The van der Waals surface area contributed by atoms with Crippen LogP contribution in [0.15, 0.2) is 56.1 Å². The zero-order valence-corrected chi connectivity index (χ0v) is 13.3. The molecule has 23 heavy (non-hydrogen) atoms. The molecule has 2 heterocycles. The van der Waals surface area contributed by atoms with Gasteiger partial charge in [-0.2, -0.15) is 0 Å². The molecule has 0 saturated heterocycles. The van der Waals surface area contributed by atoms with Gasteiger partial charge in [0.15, 0.2) is 0 Å². The first kappa shape index (κ1) is 13.8. The molecule has 0 aliphatic carbocycles. The largest absolute Gasteiger partial charge is 0.460 e. The van der Waals surface area contributed by atoms with Crippen molar-refractivity contribution >= 4 is 21.9 Å². The lowest BCUT2D eigenvalue weighted by Gasteiger charge is -2.06. The van der Waals surface area contributed by atoms with Gasteiger partial charge < -0.3 is 8.83 Å². The summed E-state index contributed by atoms with van der Waals surface area (Å²) in [6.45, 7) is 5.90. The molecule has 0 aliphatic heterocycles. The Morgan fingerprint density at radius 2 is 1.52 bits per heavy atom. The predicted octanol–water partition coefficient (Wildman–Crippen LogP) is 5.13. The molecule has 0 saturated carbocycles. The minimum Gasteiger partial charge on any atom is -0.460 e. The molecule has 3 nitrogen and oxygen atoms in total. The number of fused-ring (bicyclic) bond motifs is 3. The van der Waals surface area contributed by atoms with E-state index in [2.05, 4.69) is 12.1 Å². The molecule has 2 aromatic heterocycles. The molecule has 0 spiro atoms. The van der Waals surface area contributed by atoms with Gasteiger partial charge in [0.2, 0.25) is 0 Å². The van der Waals surface area contributed by atoms with E-state index in [1.807, 2.05) is 45.0 Å². The molecule has 3 heteroatoms. The summed E-state index contributed by atoms with van der Waals surface area (Å²) in [5, 5.41) is 1.95. The van der Waals surface area contributed by atoms with Gasteiger partial charge in [-0.25, -0.2) is 4.79 Å². The van der Waals surface area contributed by atoms with Crippen LogP contribution in [-0.2, 0) is 0 Å². The van der Waals surface area contributed by atoms with E-state index in [-0.39, 0.29) is 5.63 Å². The van der Waals surface area contributed by atoms with Crippen molar-refractivity contribution in [1.82, 2.24) is 0 Å². The van der Waals surface area contributed by atoms with Crippen LogP contribution >= 0.6 is 0 Å². The number of benzene rings is 2. The lowest BCUT2D eigenvalue weighted by molar-refractivity contribution is 0.556. The molecule has 0 unspecified atom stereocenters. The van der Waals surface area contributed by atoms with Crippen LogP contribution in [0.4, 0.5) is 0 Å². The summed E-state index contributed by atoms with van der Waals surface area (Å²) in [5.41, 5.74) is 5.17. The molecular formula is C20H16O3. The number of hydrogen-bond donors (Lipinski definition) is 0. The molecule has 0 atom stereocenters. The van der Waals surface area contributed by atoms with E-state index >= 15 is 0 Å². The van der Waals surface area contributed by atoms with Gasteiger partial charge in [-0.05, 0) is 43.5 Å². The highest BCUT2D eigenvalue weighted by Gasteiger charge is 2.19. The quantitative estimate of drug-likeness (QED) is 0.458. The first-order valence-corrected chi connectivity index (χ1v) is 7.59. The van der Waals surface area contributed by atoms with Crippen LogP contribution in [0.2, 0.25) is 0 Å². The average Bonchev–Trinajstić information content (AvgIpc) is 2.85. The number of furan rings is 1. The Hall–Kier alpha value is -2.81. The maximum atomic E-state index is 11.6. The van der Waals surface area contributed by atoms with Gasteiger partial charge in [-0.15, -0.1) is 0 Å². The molecule has 4 aromatic rings. The van der Waals surface area contributed by atoms with Crippen LogP contribution in [0.3, 0.4) is 0 Å². The average molecular weight is 304 g/mol. The lowest BCUT2D eigenvalue weighted by atomic mass is 9.97. The molecule has 4 rings (SSSR count). The standard InChI is InChI=1S/C20H16O3/c1-11-9-15-17(12(2)10-16(21)23-15)20-18(11)19(13(3)22-20)14-7-5-4-6-8-14/h4-10H,1-3H3. The fourth-order valence-corrected chi connectivity index (χ4v) is 3.34. The number of rotatable bonds is 1. The van der Waals surface area contributed by atoms with Crippen LogP contribution in [0.5, 0.6) is 0 Å². The summed E-state index contributed by atoms with van der Waals surface area (Å²) in [6, 6.07) is 13.6. The van der Waals surface area contributed by atoms with Gasteiger partial charge in [0.05, 0.1) is 5.39 Å². The van der Waals surface area contributed by atoms with E-state index in [9.17, 15) is 4.79 Å². The Morgan fingerprint density at radius 3 is 2.26 bits per heavy atom. The second-order valence-corrected chi connectivity index (χ2v) is 5.92. The molecule has 0 aliphatic rings. The highest BCUT2D eigenvalue weighted by Crippen LogP contribution is 2.40. The smallest absolute Gasteiger partial charge is 0.336 e. The Labute approximate surface area is 133 Å². The second-order valence-electron chi connectivity index (χ2n) is 5.92. The Balaban J connectivity index is 2.22. The third kappa shape index (κ3) is 2.00. The van der Waals surface area contributed by atoms with Crippen molar-refractivity contribution < 1.29 is 8.83 Å². The van der Waals surface area contributed by atoms with Gasteiger partial charge in [0, 0.05) is 17.0 Å². The van der Waals surface area contributed by atoms with E-state index in [0.717, 1.165) is 44.4 Å². The molecule has 114 valence electrons.